The van der Waals surface area contributed by atoms with Crippen molar-refractivity contribution in [1.82, 2.24) is 0 Å². The van der Waals surface area contributed by atoms with Gasteiger partial charge in [0.25, 0.3) is 0 Å². The van der Waals surface area contributed by atoms with Crippen LogP contribution in [0.25, 0.3) is 0 Å². The first-order chi connectivity index (χ1) is 9.66. The summed E-state index contributed by atoms with van der Waals surface area (Å²) in [6.45, 7) is 0.776. The Bertz CT molecular complexity index is 642. The molecule has 104 valence electrons. The summed E-state index contributed by atoms with van der Waals surface area (Å²) >= 11 is 7.06. The standard InChI is InChI=1S/C16H15Br2NO/c17-11-6-7-12(14(18)9-11)15(19)13-5-1-3-10-4-2-8-20-16(10)13/h1,3,5-7,9,15H,2,4,8,19H2. The lowest BCUT2D eigenvalue weighted by atomic mass is 9.94. The van der Waals surface area contributed by atoms with E-state index in [-0.39, 0.29) is 6.04 Å². The van der Waals surface area contributed by atoms with E-state index in [9.17, 15) is 0 Å². The molecular weight excluding hydrogens is 382 g/mol. The van der Waals surface area contributed by atoms with Crippen LogP contribution in [0.4, 0.5) is 0 Å². The van der Waals surface area contributed by atoms with E-state index in [1.54, 1.807) is 0 Å². The highest BCUT2D eigenvalue weighted by atomic mass is 79.9. The molecule has 3 rings (SSSR count). The number of aryl methyl sites for hydroxylation is 1. The Hall–Kier alpha value is -0.840. The van der Waals surface area contributed by atoms with Crippen LogP contribution in [0, 0.1) is 0 Å². The van der Waals surface area contributed by atoms with Crippen molar-refractivity contribution in [3.05, 3.63) is 62.0 Å². The third kappa shape index (κ3) is 2.65. The maximum absolute atomic E-state index is 6.47. The summed E-state index contributed by atoms with van der Waals surface area (Å²) in [7, 11) is 0. The van der Waals surface area contributed by atoms with Gasteiger partial charge < -0.3 is 10.5 Å². The third-order valence-electron chi connectivity index (χ3n) is 3.60. The molecule has 2 aromatic carbocycles. The average Bonchev–Trinajstić information content (AvgIpc) is 2.46. The second-order valence-electron chi connectivity index (χ2n) is 4.93. The van der Waals surface area contributed by atoms with Crippen molar-refractivity contribution in [1.29, 1.82) is 0 Å². The number of nitrogens with two attached hydrogens (primary N) is 1. The molecule has 1 aliphatic rings. The number of fused-ring (bicyclic) bond motifs is 1. The molecule has 2 aromatic rings. The van der Waals surface area contributed by atoms with Gasteiger partial charge in [-0.25, -0.2) is 0 Å². The van der Waals surface area contributed by atoms with Crippen LogP contribution >= 0.6 is 31.9 Å². The fourth-order valence-corrected chi connectivity index (χ4v) is 3.87. The molecule has 0 fully saturated rings. The number of hydrogen-bond acceptors (Lipinski definition) is 2. The van der Waals surface area contributed by atoms with E-state index in [0.29, 0.717) is 0 Å². The first-order valence-electron chi connectivity index (χ1n) is 6.62. The molecule has 1 unspecified atom stereocenters. The molecule has 0 bridgehead atoms. The van der Waals surface area contributed by atoms with Crippen molar-refractivity contribution < 1.29 is 4.74 Å². The zero-order valence-corrected chi connectivity index (χ0v) is 14.1. The van der Waals surface area contributed by atoms with Gasteiger partial charge in [0, 0.05) is 14.5 Å². The maximum Gasteiger partial charge on any atom is 0.127 e. The zero-order chi connectivity index (χ0) is 14.1. The Morgan fingerprint density at radius 1 is 1.10 bits per heavy atom. The molecular formula is C16H15Br2NO. The highest BCUT2D eigenvalue weighted by Crippen LogP contribution is 2.37. The van der Waals surface area contributed by atoms with Crippen molar-refractivity contribution >= 4 is 31.9 Å². The Kier molecular flexibility index (Phi) is 4.15. The van der Waals surface area contributed by atoms with E-state index in [4.69, 9.17) is 10.5 Å². The minimum Gasteiger partial charge on any atom is -0.493 e. The molecule has 0 saturated carbocycles. The topological polar surface area (TPSA) is 35.2 Å². The van der Waals surface area contributed by atoms with Gasteiger partial charge in [-0.15, -0.1) is 0 Å². The highest BCUT2D eigenvalue weighted by molar-refractivity contribution is 9.11. The highest BCUT2D eigenvalue weighted by Gasteiger charge is 2.21. The maximum atomic E-state index is 6.47. The summed E-state index contributed by atoms with van der Waals surface area (Å²) in [5.74, 6) is 0.973. The first kappa shape index (κ1) is 14.1. The van der Waals surface area contributed by atoms with Crippen LogP contribution in [0.5, 0.6) is 5.75 Å². The molecule has 1 aliphatic heterocycles. The summed E-state index contributed by atoms with van der Waals surface area (Å²) in [5.41, 5.74) is 9.85. The molecule has 0 radical (unpaired) electrons. The number of hydrogen-bond donors (Lipinski definition) is 1. The molecule has 0 aliphatic carbocycles. The summed E-state index contributed by atoms with van der Waals surface area (Å²) in [6.07, 6.45) is 2.14. The van der Waals surface area contributed by atoms with Crippen LogP contribution in [0.1, 0.15) is 29.2 Å². The van der Waals surface area contributed by atoms with Gasteiger partial charge in [-0.1, -0.05) is 56.1 Å². The molecule has 0 aromatic heterocycles. The largest absolute Gasteiger partial charge is 0.493 e. The van der Waals surface area contributed by atoms with Crippen molar-refractivity contribution in [2.75, 3.05) is 6.61 Å². The Morgan fingerprint density at radius 3 is 2.75 bits per heavy atom. The van der Waals surface area contributed by atoms with Crippen LogP contribution in [0.15, 0.2) is 45.3 Å². The second-order valence-corrected chi connectivity index (χ2v) is 6.70. The summed E-state index contributed by atoms with van der Waals surface area (Å²) in [4.78, 5) is 0. The van der Waals surface area contributed by atoms with E-state index in [2.05, 4.69) is 50.1 Å². The van der Waals surface area contributed by atoms with Crippen LogP contribution in [-0.2, 0) is 6.42 Å². The molecule has 0 spiro atoms. The van der Waals surface area contributed by atoms with Gasteiger partial charge in [0.15, 0.2) is 0 Å². The second kappa shape index (κ2) is 5.88. The number of ether oxygens (including phenoxy) is 1. The zero-order valence-electron chi connectivity index (χ0n) is 10.9. The lowest BCUT2D eigenvalue weighted by Crippen LogP contribution is -2.17. The molecule has 0 amide bonds. The fourth-order valence-electron chi connectivity index (χ4n) is 2.58. The van der Waals surface area contributed by atoms with Gasteiger partial charge in [-0.3, -0.25) is 0 Å². The monoisotopic (exact) mass is 395 g/mol. The summed E-state index contributed by atoms with van der Waals surface area (Å²) in [5, 5.41) is 0. The minimum absolute atomic E-state index is 0.189. The average molecular weight is 397 g/mol. The molecule has 1 atom stereocenters. The number of para-hydroxylation sites is 1. The van der Waals surface area contributed by atoms with E-state index >= 15 is 0 Å². The normalized spacial score (nSPS) is 15.3. The van der Waals surface area contributed by atoms with E-state index in [0.717, 1.165) is 45.3 Å². The van der Waals surface area contributed by atoms with Crippen LogP contribution in [0.2, 0.25) is 0 Å². The van der Waals surface area contributed by atoms with Crippen LogP contribution in [0.3, 0.4) is 0 Å². The van der Waals surface area contributed by atoms with Gasteiger partial charge >= 0.3 is 0 Å². The van der Waals surface area contributed by atoms with E-state index < -0.39 is 0 Å². The van der Waals surface area contributed by atoms with E-state index in [1.807, 2.05) is 18.2 Å². The third-order valence-corrected chi connectivity index (χ3v) is 4.78. The Labute approximate surface area is 135 Å². The van der Waals surface area contributed by atoms with Gasteiger partial charge in [0.1, 0.15) is 5.75 Å². The lowest BCUT2D eigenvalue weighted by Gasteiger charge is -2.24. The molecule has 2 N–H and O–H groups in total. The first-order valence-corrected chi connectivity index (χ1v) is 8.20. The number of rotatable bonds is 2. The molecule has 0 saturated heterocycles. The molecule has 2 nitrogen and oxygen atoms in total. The Balaban J connectivity index is 2.04. The summed E-state index contributed by atoms with van der Waals surface area (Å²) in [6, 6.07) is 12.1. The lowest BCUT2D eigenvalue weighted by molar-refractivity contribution is 0.284. The quantitative estimate of drug-likeness (QED) is 0.805. The van der Waals surface area contributed by atoms with Crippen molar-refractivity contribution in [2.24, 2.45) is 5.73 Å². The van der Waals surface area contributed by atoms with Crippen molar-refractivity contribution in [3.8, 4) is 5.75 Å². The summed E-state index contributed by atoms with van der Waals surface area (Å²) < 4.78 is 7.90. The van der Waals surface area contributed by atoms with Crippen molar-refractivity contribution in [2.45, 2.75) is 18.9 Å². The predicted octanol–water partition coefficient (Wildman–Crippen LogP) is 4.58. The smallest absolute Gasteiger partial charge is 0.127 e. The van der Waals surface area contributed by atoms with Crippen LogP contribution < -0.4 is 10.5 Å². The fraction of sp³-hybridized carbons (Fsp3) is 0.250. The number of halogens is 2. The van der Waals surface area contributed by atoms with Gasteiger partial charge in [-0.2, -0.15) is 0 Å². The van der Waals surface area contributed by atoms with Gasteiger partial charge in [-0.05, 0) is 36.1 Å². The molecule has 4 heteroatoms. The molecule has 1 heterocycles. The van der Waals surface area contributed by atoms with Crippen LogP contribution in [-0.4, -0.2) is 6.61 Å². The van der Waals surface area contributed by atoms with Gasteiger partial charge in [0.2, 0.25) is 0 Å². The molecule has 20 heavy (non-hydrogen) atoms. The van der Waals surface area contributed by atoms with Gasteiger partial charge in [0.05, 0.1) is 12.6 Å². The number of benzene rings is 2. The van der Waals surface area contributed by atoms with Crippen molar-refractivity contribution in [3.63, 3.8) is 0 Å². The Morgan fingerprint density at radius 2 is 1.95 bits per heavy atom. The SMILES string of the molecule is NC(c1ccc(Br)cc1Br)c1cccc2c1OCCC2. The minimum atomic E-state index is -0.189. The van der Waals surface area contributed by atoms with E-state index in [1.165, 1.54) is 5.56 Å². The predicted molar refractivity (Wildman–Crippen MR) is 88.1 cm³/mol.